The van der Waals surface area contributed by atoms with E-state index in [9.17, 15) is 9.59 Å². The van der Waals surface area contributed by atoms with Crippen LogP contribution in [0.1, 0.15) is 6.92 Å². The maximum absolute atomic E-state index is 11.3. The fourth-order valence-corrected chi connectivity index (χ4v) is 1.27. The number of β-amino-alcohol motifs (C(OH)–C–C–N with tert-alkyl or cyclic N) is 1. The van der Waals surface area contributed by atoms with Gasteiger partial charge in [0.15, 0.2) is 0 Å². The molecule has 1 rings (SSSR count). The van der Waals surface area contributed by atoms with Crippen molar-refractivity contribution in [3.05, 3.63) is 0 Å². The highest BCUT2D eigenvalue weighted by Crippen LogP contribution is 2.03. The molecule has 74 valence electrons. The Morgan fingerprint density at radius 3 is 2.54 bits per heavy atom. The van der Waals surface area contributed by atoms with Crippen LogP contribution in [-0.2, 0) is 9.59 Å². The molecule has 0 aromatic carbocycles. The lowest BCUT2D eigenvalue weighted by molar-refractivity contribution is -0.155. The van der Waals surface area contributed by atoms with E-state index in [0.717, 1.165) is 0 Å². The van der Waals surface area contributed by atoms with Gasteiger partial charge in [0.1, 0.15) is 0 Å². The van der Waals surface area contributed by atoms with Crippen LogP contribution in [0.3, 0.4) is 0 Å². The van der Waals surface area contributed by atoms with Gasteiger partial charge in [0.25, 0.3) is 0 Å². The first-order valence-electron chi connectivity index (χ1n) is 4.25. The first-order valence-corrected chi connectivity index (χ1v) is 4.25. The number of rotatable bonds is 2. The third kappa shape index (κ3) is 2.18. The standard InChI is InChI=1S/C8H14N2O3/c1-6(11)5-10-4-3-9(2)7(12)8(10)13/h6,11H,3-5H2,1-2H3. The molecule has 2 amide bonds. The van der Waals surface area contributed by atoms with Gasteiger partial charge < -0.3 is 14.9 Å². The second-order valence-electron chi connectivity index (χ2n) is 3.33. The molecule has 5 nitrogen and oxygen atoms in total. The molecule has 0 radical (unpaired) electrons. The van der Waals surface area contributed by atoms with Crippen molar-refractivity contribution in [2.24, 2.45) is 0 Å². The minimum atomic E-state index is -0.583. The Bertz CT molecular complexity index is 227. The molecule has 13 heavy (non-hydrogen) atoms. The van der Waals surface area contributed by atoms with E-state index in [1.54, 1.807) is 14.0 Å². The molecule has 1 N–H and O–H groups in total. The van der Waals surface area contributed by atoms with Crippen molar-refractivity contribution in [2.45, 2.75) is 13.0 Å². The van der Waals surface area contributed by atoms with Gasteiger partial charge in [-0.3, -0.25) is 9.59 Å². The zero-order valence-electron chi connectivity index (χ0n) is 7.86. The summed E-state index contributed by atoms with van der Waals surface area (Å²) in [6.07, 6.45) is -0.583. The van der Waals surface area contributed by atoms with Gasteiger partial charge in [-0.05, 0) is 6.92 Å². The number of piperazine rings is 1. The molecule has 1 aliphatic rings. The van der Waals surface area contributed by atoms with Gasteiger partial charge in [-0.25, -0.2) is 0 Å². The van der Waals surface area contributed by atoms with Crippen molar-refractivity contribution < 1.29 is 14.7 Å². The number of aliphatic hydroxyl groups excluding tert-OH is 1. The Balaban J connectivity index is 2.59. The number of likely N-dealkylation sites (N-methyl/N-ethyl adjacent to an activating group) is 1. The predicted molar refractivity (Wildman–Crippen MR) is 45.9 cm³/mol. The van der Waals surface area contributed by atoms with Gasteiger partial charge in [0, 0.05) is 26.7 Å². The molecule has 0 aromatic rings. The topological polar surface area (TPSA) is 60.9 Å². The SMILES string of the molecule is CC(O)CN1CCN(C)C(=O)C1=O. The van der Waals surface area contributed by atoms with Gasteiger partial charge in [0.05, 0.1) is 6.10 Å². The van der Waals surface area contributed by atoms with Crippen molar-refractivity contribution in [3.8, 4) is 0 Å². The van der Waals surface area contributed by atoms with Gasteiger partial charge in [0.2, 0.25) is 0 Å². The van der Waals surface area contributed by atoms with Crippen LogP contribution < -0.4 is 0 Å². The fraction of sp³-hybridized carbons (Fsp3) is 0.750. The second-order valence-corrected chi connectivity index (χ2v) is 3.33. The van der Waals surface area contributed by atoms with Crippen molar-refractivity contribution in [1.82, 2.24) is 9.80 Å². The first-order chi connectivity index (χ1) is 6.02. The summed E-state index contributed by atoms with van der Waals surface area (Å²) in [5.74, 6) is -1.01. The third-order valence-corrected chi connectivity index (χ3v) is 2.01. The van der Waals surface area contributed by atoms with E-state index in [2.05, 4.69) is 0 Å². The van der Waals surface area contributed by atoms with Crippen LogP contribution in [0.4, 0.5) is 0 Å². The van der Waals surface area contributed by atoms with Crippen molar-refractivity contribution in [2.75, 3.05) is 26.7 Å². The fourth-order valence-electron chi connectivity index (χ4n) is 1.27. The van der Waals surface area contributed by atoms with E-state index >= 15 is 0 Å². The van der Waals surface area contributed by atoms with Crippen LogP contribution >= 0.6 is 0 Å². The minimum absolute atomic E-state index is 0.235. The molecule has 1 saturated heterocycles. The molecular formula is C8H14N2O3. The number of carbonyl (C=O) groups is 2. The zero-order chi connectivity index (χ0) is 10.0. The van der Waals surface area contributed by atoms with E-state index < -0.39 is 17.9 Å². The van der Waals surface area contributed by atoms with Gasteiger partial charge in [-0.15, -0.1) is 0 Å². The summed E-state index contributed by atoms with van der Waals surface area (Å²) >= 11 is 0. The third-order valence-electron chi connectivity index (χ3n) is 2.01. The molecule has 0 saturated carbocycles. The van der Waals surface area contributed by atoms with Gasteiger partial charge in [-0.1, -0.05) is 0 Å². The molecular weight excluding hydrogens is 172 g/mol. The number of nitrogens with zero attached hydrogens (tertiary/aromatic N) is 2. The number of carbonyl (C=O) groups excluding carboxylic acids is 2. The summed E-state index contributed by atoms with van der Waals surface area (Å²) in [5.41, 5.74) is 0. The zero-order valence-corrected chi connectivity index (χ0v) is 7.86. The summed E-state index contributed by atoms with van der Waals surface area (Å²) in [4.78, 5) is 25.2. The highest BCUT2D eigenvalue weighted by atomic mass is 16.3. The normalized spacial score (nSPS) is 20.8. The van der Waals surface area contributed by atoms with E-state index in [1.165, 1.54) is 9.80 Å². The number of aliphatic hydroxyl groups is 1. The molecule has 1 atom stereocenters. The highest BCUT2D eigenvalue weighted by Gasteiger charge is 2.30. The van der Waals surface area contributed by atoms with Crippen LogP contribution in [0, 0.1) is 0 Å². The molecule has 0 aliphatic carbocycles. The van der Waals surface area contributed by atoms with Crippen molar-refractivity contribution in [3.63, 3.8) is 0 Å². The maximum Gasteiger partial charge on any atom is 0.312 e. The Morgan fingerprint density at radius 2 is 2.00 bits per heavy atom. The monoisotopic (exact) mass is 186 g/mol. The highest BCUT2D eigenvalue weighted by molar-refractivity contribution is 6.35. The summed E-state index contributed by atoms with van der Waals surface area (Å²) in [5, 5.41) is 9.06. The lowest BCUT2D eigenvalue weighted by atomic mass is 10.2. The molecule has 0 aromatic heterocycles. The van der Waals surface area contributed by atoms with E-state index in [-0.39, 0.29) is 6.54 Å². The maximum atomic E-state index is 11.3. The Labute approximate surface area is 76.9 Å². The molecule has 1 unspecified atom stereocenters. The van der Waals surface area contributed by atoms with E-state index in [1.807, 2.05) is 0 Å². The van der Waals surface area contributed by atoms with Crippen molar-refractivity contribution in [1.29, 1.82) is 0 Å². The smallest absolute Gasteiger partial charge is 0.312 e. The second kappa shape index (κ2) is 3.74. The molecule has 1 heterocycles. The Hall–Kier alpha value is -1.10. The van der Waals surface area contributed by atoms with Crippen LogP contribution in [0.25, 0.3) is 0 Å². The average Bonchev–Trinajstić information content (AvgIpc) is 2.06. The summed E-state index contributed by atoms with van der Waals surface area (Å²) < 4.78 is 0. The Morgan fingerprint density at radius 1 is 1.38 bits per heavy atom. The summed E-state index contributed by atoms with van der Waals surface area (Å²) in [6, 6.07) is 0. The summed E-state index contributed by atoms with van der Waals surface area (Å²) in [6.45, 7) is 2.87. The van der Waals surface area contributed by atoms with Crippen LogP contribution in [0.15, 0.2) is 0 Å². The molecule has 0 spiro atoms. The number of hydrogen-bond acceptors (Lipinski definition) is 3. The molecule has 1 fully saturated rings. The first kappa shape index (κ1) is 9.98. The molecule has 5 heteroatoms. The van der Waals surface area contributed by atoms with E-state index in [0.29, 0.717) is 13.1 Å². The molecule has 0 bridgehead atoms. The van der Waals surface area contributed by atoms with E-state index in [4.69, 9.17) is 5.11 Å². The summed E-state index contributed by atoms with van der Waals surface area (Å²) in [7, 11) is 1.60. The number of amides is 2. The van der Waals surface area contributed by atoms with Crippen LogP contribution in [-0.4, -0.2) is 59.5 Å². The number of hydrogen-bond donors (Lipinski definition) is 1. The van der Waals surface area contributed by atoms with Crippen molar-refractivity contribution >= 4 is 11.8 Å². The quantitative estimate of drug-likeness (QED) is 0.543. The Kier molecular flexibility index (Phi) is 2.87. The van der Waals surface area contributed by atoms with Gasteiger partial charge in [-0.2, -0.15) is 0 Å². The van der Waals surface area contributed by atoms with Crippen LogP contribution in [0.5, 0.6) is 0 Å². The predicted octanol–water partition coefficient (Wildman–Crippen LogP) is -1.33. The lowest BCUT2D eigenvalue weighted by Gasteiger charge is -2.32. The van der Waals surface area contributed by atoms with Crippen LogP contribution in [0.2, 0.25) is 0 Å². The average molecular weight is 186 g/mol. The lowest BCUT2D eigenvalue weighted by Crippen LogP contribution is -2.54. The van der Waals surface area contributed by atoms with Gasteiger partial charge >= 0.3 is 11.8 Å². The minimum Gasteiger partial charge on any atom is -0.392 e. The molecule has 1 aliphatic heterocycles. The largest absolute Gasteiger partial charge is 0.392 e.